The number of phenolic OH excluding ortho intramolecular Hbond substituents is 2. The van der Waals surface area contributed by atoms with Crippen molar-refractivity contribution >= 4 is 5.97 Å². The molecule has 0 radical (unpaired) electrons. The summed E-state index contributed by atoms with van der Waals surface area (Å²) in [5.74, 6) is -0.527. The first-order chi connectivity index (χ1) is 14.0. The van der Waals surface area contributed by atoms with Crippen molar-refractivity contribution in [3.05, 3.63) is 42.0 Å². The summed E-state index contributed by atoms with van der Waals surface area (Å²) in [4.78, 5) is 11.2. The van der Waals surface area contributed by atoms with Crippen LogP contribution in [0.5, 0.6) is 17.2 Å². The summed E-state index contributed by atoms with van der Waals surface area (Å²) >= 11 is 0. The number of unbranched alkanes of at least 4 members (excludes halogenated alkanes) is 8. The number of carbonyl (C=O) groups is 1. The molecule has 162 valence electrons. The number of phenols is 2. The molecule has 0 atom stereocenters. The van der Waals surface area contributed by atoms with E-state index in [0.29, 0.717) is 12.0 Å². The summed E-state index contributed by atoms with van der Waals surface area (Å²) in [5.41, 5.74) is 0.670. The van der Waals surface area contributed by atoms with Gasteiger partial charge >= 0.3 is 5.97 Å². The van der Waals surface area contributed by atoms with E-state index in [-0.39, 0.29) is 17.2 Å². The summed E-state index contributed by atoms with van der Waals surface area (Å²) < 4.78 is 5.09. The monoisotopic (exact) mass is 402 g/mol. The number of aromatic hydroxyl groups is 2. The highest BCUT2D eigenvalue weighted by Crippen LogP contribution is 2.35. The number of benzene rings is 1. The number of esters is 1. The zero-order valence-electron chi connectivity index (χ0n) is 18.2. The molecule has 4 nitrogen and oxygen atoms in total. The van der Waals surface area contributed by atoms with Gasteiger partial charge < -0.3 is 14.9 Å². The third-order valence-corrected chi connectivity index (χ3v) is 4.77. The molecule has 4 heteroatoms. The number of hydrogen-bond donors (Lipinski definition) is 2. The molecule has 0 fully saturated rings. The van der Waals surface area contributed by atoms with Gasteiger partial charge in [0, 0.05) is 18.6 Å². The van der Waals surface area contributed by atoms with Crippen LogP contribution in [0.15, 0.2) is 36.4 Å². The average molecular weight is 403 g/mol. The Hall–Kier alpha value is -2.23. The first-order valence-corrected chi connectivity index (χ1v) is 11.1. The molecular formula is C25H38O4. The predicted molar refractivity (Wildman–Crippen MR) is 120 cm³/mol. The number of allylic oxidation sites excluding steroid dienone is 4. The van der Waals surface area contributed by atoms with Crippen molar-refractivity contribution in [1.29, 1.82) is 0 Å². The molecule has 0 aliphatic rings. The fraction of sp³-hybridized carbons (Fsp3) is 0.560. The van der Waals surface area contributed by atoms with Crippen molar-refractivity contribution in [2.24, 2.45) is 0 Å². The Morgan fingerprint density at radius 2 is 1.52 bits per heavy atom. The van der Waals surface area contributed by atoms with Crippen LogP contribution < -0.4 is 4.74 Å². The van der Waals surface area contributed by atoms with Crippen molar-refractivity contribution < 1.29 is 19.7 Å². The first-order valence-electron chi connectivity index (χ1n) is 11.1. The summed E-state index contributed by atoms with van der Waals surface area (Å²) in [6, 6.07) is 2.75. The van der Waals surface area contributed by atoms with Gasteiger partial charge in [-0.3, -0.25) is 4.79 Å². The Bertz CT molecular complexity index is 646. The Morgan fingerprint density at radius 1 is 0.897 bits per heavy atom. The molecule has 0 amide bonds. The zero-order chi connectivity index (χ0) is 21.3. The van der Waals surface area contributed by atoms with E-state index in [0.717, 1.165) is 32.1 Å². The molecule has 0 aromatic heterocycles. The minimum atomic E-state index is -0.479. The lowest BCUT2D eigenvalue weighted by Crippen LogP contribution is -2.04. The van der Waals surface area contributed by atoms with E-state index in [1.165, 1.54) is 51.5 Å². The summed E-state index contributed by atoms with van der Waals surface area (Å²) in [6.07, 6.45) is 22.5. The molecule has 0 aliphatic carbocycles. The molecule has 29 heavy (non-hydrogen) atoms. The predicted octanol–water partition coefficient (Wildman–Crippen LogP) is 6.99. The molecule has 0 bridgehead atoms. The number of carbonyl (C=O) groups excluding carboxylic acids is 1. The largest absolute Gasteiger partial charge is 0.508 e. The molecule has 1 rings (SSSR count). The number of aryl methyl sites for hydroxylation is 1. The molecule has 0 saturated carbocycles. The van der Waals surface area contributed by atoms with Gasteiger partial charge in [0.25, 0.3) is 0 Å². The maximum atomic E-state index is 11.2. The van der Waals surface area contributed by atoms with Gasteiger partial charge in [-0.2, -0.15) is 0 Å². The fourth-order valence-electron chi connectivity index (χ4n) is 3.23. The summed E-state index contributed by atoms with van der Waals surface area (Å²) in [6.45, 7) is 3.53. The van der Waals surface area contributed by atoms with Crippen LogP contribution in [0.2, 0.25) is 0 Å². The van der Waals surface area contributed by atoms with E-state index in [1.807, 2.05) is 0 Å². The van der Waals surface area contributed by atoms with Crippen LogP contribution >= 0.6 is 0 Å². The summed E-state index contributed by atoms with van der Waals surface area (Å²) in [7, 11) is 0. The number of rotatable bonds is 15. The second-order valence-electron chi connectivity index (χ2n) is 7.53. The van der Waals surface area contributed by atoms with Crippen molar-refractivity contribution in [1.82, 2.24) is 0 Å². The second-order valence-corrected chi connectivity index (χ2v) is 7.53. The van der Waals surface area contributed by atoms with Crippen LogP contribution in [-0.2, 0) is 11.2 Å². The van der Waals surface area contributed by atoms with E-state index in [9.17, 15) is 15.0 Å². The third-order valence-electron chi connectivity index (χ3n) is 4.77. The molecule has 0 spiro atoms. The lowest BCUT2D eigenvalue weighted by atomic mass is 10.0. The van der Waals surface area contributed by atoms with Gasteiger partial charge in [0.2, 0.25) is 0 Å². The molecular weight excluding hydrogens is 364 g/mol. The molecule has 2 N–H and O–H groups in total. The minimum Gasteiger partial charge on any atom is -0.508 e. The van der Waals surface area contributed by atoms with Crippen molar-refractivity contribution in [2.75, 3.05) is 0 Å². The molecule has 0 unspecified atom stereocenters. The molecule has 0 aliphatic heterocycles. The Labute approximate surface area is 176 Å². The molecule has 1 aromatic carbocycles. The maximum absolute atomic E-state index is 11.2. The highest BCUT2D eigenvalue weighted by atomic mass is 16.5. The van der Waals surface area contributed by atoms with Gasteiger partial charge in [0.1, 0.15) is 5.75 Å². The van der Waals surface area contributed by atoms with Gasteiger partial charge in [-0.15, -0.1) is 0 Å². The Balaban J connectivity index is 2.14. The SMILES string of the molecule is CCCCC/C=C\C/C=C\CCCCCCCc1cc(O)cc(O)c1OC(C)=O. The van der Waals surface area contributed by atoms with Crippen LogP contribution in [0.3, 0.4) is 0 Å². The standard InChI is InChI=1S/C25H38O4/c1-3-4-5-6-7-8-9-10-11-12-13-14-15-16-17-18-22-19-23(27)20-24(28)25(22)29-21(2)26/h7-8,10-11,19-20,27-28H,3-6,9,12-18H2,1-2H3/b8-7-,11-10-. The van der Waals surface area contributed by atoms with Crippen molar-refractivity contribution in [3.63, 3.8) is 0 Å². The van der Waals surface area contributed by atoms with Crippen LogP contribution in [0, 0.1) is 0 Å². The highest BCUT2D eigenvalue weighted by Gasteiger charge is 2.13. The van der Waals surface area contributed by atoms with E-state index in [1.54, 1.807) is 6.07 Å². The third kappa shape index (κ3) is 12.0. The van der Waals surface area contributed by atoms with Crippen LogP contribution in [0.25, 0.3) is 0 Å². The fourth-order valence-corrected chi connectivity index (χ4v) is 3.23. The van der Waals surface area contributed by atoms with E-state index in [4.69, 9.17) is 4.74 Å². The van der Waals surface area contributed by atoms with Crippen molar-refractivity contribution in [3.8, 4) is 17.2 Å². The first kappa shape index (κ1) is 24.8. The smallest absolute Gasteiger partial charge is 0.308 e. The number of hydrogen-bond acceptors (Lipinski definition) is 4. The highest BCUT2D eigenvalue weighted by molar-refractivity contribution is 5.71. The van der Waals surface area contributed by atoms with E-state index in [2.05, 4.69) is 31.2 Å². The quantitative estimate of drug-likeness (QED) is 0.144. The Kier molecular flexibility index (Phi) is 13.4. The molecule has 1 aromatic rings. The van der Waals surface area contributed by atoms with E-state index >= 15 is 0 Å². The molecule has 0 heterocycles. The van der Waals surface area contributed by atoms with Gasteiger partial charge in [0.05, 0.1) is 0 Å². The van der Waals surface area contributed by atoms with Crippen molar-refractivity contribution in [2.45, 2.75) is 90.9 Å². The van der Waals surface area contributed by atoms with Gasteiger partial charge in [0.15, 0.2) is 11.5 Å². The van der Waals surface area contributed by atoms with E-state index < -0.39 is 5.97 Å². The molecule has 0 saturated heterocycles. The van der Waals surface area contributed by atoms with Gasteiger partial charge in [-0.1, -0.05) is 63.3 Å². The second kappa shape index (κ2) is 15.7. The minimum absolute atomic E-state index is 0.0176. The van der Waals surface area contributed by atoms with Gasteiger partial charge in [-0.05, 0) is 51.0 Å². The van der Waals surface area contributed by atoms with Crippen LogP contribution in [0.4, 0.5) is 0 Å². The normalized spacial score (nSPS) is 11.5. The lowest BCUT2D eigenvalue weighted by molar-refractivity contribution is -0.132. The maximum Gasteiger partial charge on any atom is 0.308 e. The van der Waals surface area contributed by atoms with Crippen LogP contribution in [0.1, 0.15) is 90.0 Å². The van der Waals surface area contributed by atoms with Gasteiger partial charge in [-0.25, -0.2) is 0 Å². The number of ether oxygens (including phenoxy) is 1. The Morgan fingerprint density at radius 3 is 2.17 bits per heavy atom. The topological polar surface area (TPSA) is 66.8 Å². The zero-order valence-corrected chi connectivity index (χ0v) is 18.2. The van der Waals surface area contributed by atoms with Crippen LogP contribution in [-0.4, -0.2) is 16.2 Å². The lowest BCUT2D eigenvalue weighted by Gasteiger charge is -2.11. The summed E-state index contributed by atoms with van der Waals surface area (Å²) in [5, 5.41) is 19.6. The average Bonchev–Trinajstić information content (AvgIpc) is 2.67.